The fraction of sp³-hybridized carbons (Fsp3) is 0.0526. The first-order valence-corrected chi connectivity index (χ1v) is 8.94. The van der Waals surface area contributed by atoms with Crippen LogP contribution in [0.5, 0.6) is 0 Å². The molecule has 0 atom stereocenters. The summed E-state index contributed by atoms with van der Waals surface area (Å²) in [6.07, 6.45) is 5.18. The highest BCUT2D eigenvalue weighted by Gasteiger charge is 2.16. The molecule has 4 rings (SSSR count). The number of thioether (sulfide) groups is 1. The van der Waals surface area contributed by atoms with Crippen LogP contribution in [-0.2, 0) is 5.75 Å². The lowest BCUT2D eigenvalue weighted by Gasteiger charge is -2.10. The van der Waals surface area contributed by atoms with Crippen LogP contribution in [0.1, 0.15) is 5.69 Å². The van der Waals surface area contributed by atoms with Gasteiger partial charge in [-0.05, 0) is 48.5 Å². The molecule has 7 heteroatoms. The van der Waals surface area contributed by atoms with Gasteiger partial charge >= 0.3 is 0 Å². The Labute approximate surface area is 154 Å². The smallest absolute Gasteiger partial charge is 0.196 e. The van der Waals surface area contributed by atoms with E-state index >= 15 is 0 Å². The highest BCUT2D eigenvalue weighted by atomic mass is 32.2. The van der Waals surface area contributed by atoms with Gasteiger partial charge in [-0.25, -0.2) is 4.39 Å². The third-order valence-electron chi connectivity index (χ3n) is 3.73. The zero-order valence-corrected chi connectivity index (χ0v) is 14.5. The quantitative estimate of drug-likeness (QED) is 0.499. The van der Waals surface area contributed by atoms with E-state index in [0.717, 1.165) is 16.9 Å². The van der Waals surface area contributed by atoms with Crippen LogP contribution in [0.4, 0.5) is 4.39 Å². The molecule has 4 aromatic rings. The Morgan fingerprint density at radius 3 is 2.42 bits per heavy atom. The summed E-state index contributed by atoms with van der Waals surface area (Å²) in [5.41, 5.74) is 2.64. The second-order valence-electron chi connectivity index (χ2n) is 5.46. The average Bonchev–Trinajstić information content (AvgIpc) is 3.12. The molecule has 0 aliphatic rings. The summed E-state index contributed by atoms with van der Waals surface area (Å²) in [6, 6.07) is 15.8. The van der Waals surface area contributed by atoms with Crippen molar-refractivity contribution in [1.82, 2.24) is 24.7 Å². The van der Waals surface area contributed by atoms with Crippen molar-refractivity contribution in [3.8, 4) is 17.1 Å². The van der Waals surface area contributed by atoms with E-state index in [2.05, 4.69) is 20.2 Å². The molecule has 0 aliphatic heterocycles. The standard InChI is InChI=1S/C19H14FN5S/c20-15-4-6-17(7-5-15)25-18(14-8-11-21-12-9-14)23-24-19(25)26-13-16-3-1-2-10-22-16/h1-12H,13H2. The Bertz CT molecular complexity index is 988. The third-order valence-corrected chi connectivity index (χ3v) is 4.69. The Morgan fingerprint density at radius 1 is 0.885 bits per heavy atom. The number of halogens is 1. The van der Waals surface area contributed by atoms with Crippen molar-refractivity contribution in [2.24, 2.45) is 0 Å². The van der Waals surface area contributed by atoms with E-state index in [9.17, 15) is 4.39 Å². The summed E-state index contributed by atoms with van der Waals surface area (Å²) >= 11 is 1.53. The summed E-state index contributed by atoms with van der Waals surface area (Å²) in [5.74, 6) is 1.06. The molecule has 0 amide bonds. The van der Waals surface area contributed by atoms with Crippen molar-refractivity contribution in [3.05, 3.63) is 84.7 Å². The molecule has 3 heterocycles. The van der Waals surface area contributed by atoms with Crippen molar-refractivity contribution in [2.75, 3.05) is 0 Å². The largest absolute Gasteiger partial charge is 0.270 e. The lowest BCUT2D eigenvalue weighted by atomic mass is 10.2. The minimum absolute atomic E-state index is 0.282. The Morgan fingerprint density at radius 2 is 1.69 bits per heavy atom. The average molecular weight is 363 g/mol. The highest BCUT2D eigenvalue weighted by molar-refractivity contribution is 7.98. The van der Waals surface area contributed by atoms with Crippen LogP contribution < -0.4 is 0 Å². The molecule has 1 aromatic carbocycles. The maximum absolute atomic E-state index is 13.4. The van der Waals surface area contributed by atoms with Crippen LogP contribution in [0.2, 0.25) is 0 Å². The SMILES string of the molecule is Fc1ccc(-n2c(SCc3ccccn3)nnc2-c2ccncc2)cc1. The van der Waals surface area contributed by atoms with E-state index in [4.69, 9.17) is 0 Å². The Kier molecular flexibility index (Phi) is 4.70. The number of hydrogen-bond acceptors (Lipinski definition) is 5. The highest BCUT2D eigenvalue weighted by Crippen LogP contribution is 2.29. The molecule has 0 spiro atoms. The van der Waals surface area contributed by atoms with Gasteiger partial charge in [0.15, 0.2) is 11.0 Å². The van der Waals surface area contributed by atoms with E-state index in [1.807, 2.05) is 34.9 Å². The van der Waals surface area contributed by atoms with Gasteiger partial charge in [-0.3, -0.25) is 14.5 Å². The van der Waals surface area contributed by atoms with Gasteiger partial charge in [0.25, 0.3) is 0 Å². The first-order chi connectivity index (χ1) is 12.8. The lowest BCUT2D eigenvalue weighted by Crippen LogP contribution is -2.00. The zero-order chi connectivity index (χ0) is 17.8. The lowest BCUT2D eigenvalue weighted by molar-refractivity contribution is 0.627. The van der Waals surface area contributed by atoms with Gasteiger partial charge in [0, 0.05) is 35.6 Å². The summed E-state index contributed by atoms with van der Waals surface area (Å²) < 4.78 is 15.3. The molecule has 0 aliphatic carbocycles. The topological polar surface area (TPSA) is 56.5 Å². The summed E-state index contributed by atoms with van der Waals surface area (Å²) in [7, 11) is 0. The van der Waals surface area contributed by atoms with Crippen molar-refractivity contribution in [2.45, 2.75) is 10.9 Å². The van der Waals surface area contributed by atoms with Crippen LogP contribution in [0.25, 0.3) is 17.1 Å². The van der Waals surface area contributed by atoms with Gasteiger partial charge in [-0.15, -0.1) is 10.2 Å². The van der Waals surface area contributed by atoms with Gasteiger partial charge in [0.05, 0.1) is 5.69 Å². The second kappa shape index (κ2) is 7.45. The molecule has 0 unspecified atom stereocenters. The summed E-state index contributed by atoms with van der Waals surface area (Å²) in [5, 5.41) is 9.40. The fourth-order valence-corrected chi connectivity index (χ4v) is 3.36. The normalized spacial score (nSPS) is 10.8. The van der Waals surface area contributed by atoms with Crippen LogP contribution in [0.15, 0.2) is 78.3 Å². The molecule has 5 nitrogen and oxygen atoms in total. The number of rotatable bonds is 5. The summed E-state index contributed by atoms with van der Waals surface area (Å²) in [4.78, 5) is 8.38. The van der Waals surface area contributed by atoms with Crippen molar-refractivity contribution >= 4 is 11.8 Å². The van der Waals surface area contributed by atoms with Crippen molar-refractivity contribution in [1.29, 1.82) is 0 Å². The van der Waals surface area contributed by atoms with E-state index < -0.39 is 0 Å². The minimum atomic E-state index is -0.282. The van der Waals surface area contributed by atoms with Gasteiger partial charge in [0.2, 0.25) is 0 Å². The molecule has 3 aromatic heterocycles. The molecule has 128 valence electrons. The van der Waals surface area contributed by atoms with Gasteiger partial charge < -0.3 is 0 Å². The zero-order valence-electron chi connectivity index (χ0n) is 13.7. The molecule has 0 bridgehead atoms. The van der Waals surface area contributed by atoms with E-state index in [-0.39, 0.29) is 5.82 Å². The van der Waals surface area contributed by atoms with E-state index in [1.165, 1.54) is 23.9 Å². The Hall–Kier alpha value is -3.06. The molecular formula is C19H14FN5S. The minimum Gasteiger partial charge on any atom is -0.270 e. The van der Waals surface area contributed by atoms with Crippen molar-refractivity contribution in [3.63, 3.8) is 0 Å². The molecule has 26 heavy (non-hydrogen) atoms. The number of nitrogens with zero attached hydrogens (tertiary/aromatic N) is 5. The van der Waals surface area contributed by atoms with Gasteiger partial charge in [-0.2, -0.15) is 0 Å². The van der Waals surface area contributed by atoms with Crippen LogP contribution in [0, 0.1) is 5.82 Å². The molecular weight excluding hydrogens is 349 g/mol. The number of pyridine rings is 2. The number of benzene rings is 1. The Balaban J connectivity index is 1.74. The van der Waals surface area contributed by atoms with Gasteiger partial charge in [-0.1, -0.05) is 17.8 Å². The van der Waals surface area contributed by atoms with Gasteiger partial charge in [0.1, 0.15) is 5.82 Å². The predicted octanol–water partition coefficient (Wildman–Crippen LogP) is 4.16. The molecule has 0 N–H and O–H groups in total. The maximum Gasteiger partial charge on any atom is 0.196 e. The molecule has 0 saturated carbocycles. The predicted molar refractivity (Wildman–Crippen MR) is 98.3 cm³/mol. The third kappa shape index (κ3) is 3.48. The monoisotopic (exact) mass is 363 g/mol. The van der Waals surface area contributed by atoms with E-state index in [1.54, 1.807) is 30.7 Å². The molecule has 0 saturated heterocycles. The fourth-order valence-electron chi connectivity index (χ4n) is 2.50. The first kappa shape index (κ1) is 16.4. The van der Waals surface area contributed by atoms with Crippen LogP contribution >= 0.6 is 11.8 Å². The van der Waals surface area contributed by atoms with E-state index in [0.29, 0.717) is 16.7 Å². The maximum atomic E-state index is 13.4. The number of hydrogen-bond donors (Lipinski definition) is 0. The molecule has 0 radical (unpaired) electrons. The number of aromatic nitrogens is 5. The van der Waals surface area contributed by atoms with Crippen molar-refractivity contribution < 1.29 is 4.39 Å². The second-order valence-corrected chi connectivity index (χ2v) is 6.41. The molecule has 0 fully saturated rings. The summed E-state index contributed by atoms with van der Waals surface area (Å²) in [6.45, 7) is 0. The van der Waals surface area contributed by atoms with Crippen LogP contribution in [-0.4, -0.2) is 24.7 Å². The van der Waals surface area contributed by atoms with Crippen LogP contribution in [0.3, 0.4) is 0 Å². The first-order valence-electron chi connectivity index (χ1n) is 7.96.